The van der Waals surface area contributed by atoms with Crippen LogP contribution < -0.4 is 0 Å². The van der Waals surface area contributed by atoms with Crippen molar-refractivity contribution in [3.8, 4) is 0 Å². The van der Waals surface area contributed by atoms with Crippen LogP contribution in [-0.2, 0) is 4.79 Å². The predicted octanol–water partition coefficient (Wildman–Crippen LogP) is 2.37. The van der Waals surface area contributed by atoms with Gasteiger partial charge in [0.2, 0.25) is 5.91 Å². The molecule has 2 rings (SSSR count). The zero-order chi connectivity index (χ0) is 11.4. The largest absolute Gasteiger partial charge is 0.335 e. The van der Waals surface area contributed by atoms with Gasteiger partial charge in [0.25, 0.3) is 0 Å². The highest BCUT2D eigenvalue weighted by molar-refractivity contribution is 6.27. The first-order valence-electron chi connectivity index (χ1n) is 5.58. The number of pyridine rings is 1. The summed E-state index contributed by atoms with van der Waals surface area (Å²) in [6.45, 7) is 0.811. The van der Waals surface area contributed by atoms with Gasteiger partial charge in [-0.3, -0.25) is 9.78 Å². The number of hydrogen-bond donors (Lipinski definition) is 0. The molecular weight excluding hydrogens is 224 g/mol. The van der Waals surface area contributed by atoms with E-state index in [0.717, 1.165) is 31.4 Å². The fourth-order valence-corrected chi connectivity index (χ4v) is 2.38. The summed E-state index contributed by atoms with van der Waals surface area (Å²) in [7, 11) is 0. The number of carbonyl (C=O) groups is 1. The molecule has 2 heterocycles. The SMILES string of the molecule is O=C(CCl)N1CCCC[C@@H]1c1cccnc1. The van der Waals surface area contributed by atoms with Gasteiger partial charge in [0.15, 0.2) is 0 Å². The Morgan fingerprint density at radius 3 is 3.12 bits per heavy atom. The number of nitrogens with zero attached hydrogens (tertiary/aromatic N) is 2. The Hall–Kier alpha value is -1.09. The molecule has 0 N–H and O–H groups in total. The van der Waals surface area contributed by atoms with Crippen molar-refractivity contribution >= 4 is 17.5 Å². The van der Waals surface area contributed by atoms with Crippen LogP contribution in [0.3, 0.4) is 0 Å². The number of hydrogen-bond acceptors (Lipinski definition) is 2. The Balaban J connectivity index is 2.20. The topological polar surface area (TPSA) is 33.2 Å². The molecule has 1 aliphatic heterocycles. The van der Waals surface area contributed by atoms with Crippen molar-refractivity contribution in [3.05, 3.63) is 30.1 Å². The highest BCUT2D eigenvalue weighted by atomic mass is 35.5. The van der Waals surface area contributed by atoms with Gasteiger partial charge in [-0.05, 0) is 30.9 Å². The van der Waals surface area contributed by atoms with Gasteiger partial charge >= 0.3 is 0 Å². The van der Waals surface area contributed by atoms with Crippen molar-refractivity contribution in [2.45, 2.75) is 25.3 Å². The number of rotatable bonds is 2. The second-order valence-electron chi connectivity index (χ2n) is 4.02. The first kappa shape index (κ1) is 11.4. The molecular formula is C12H15ClN2O. The van der Waals surface area contributed by atoms with Crippen LogP contribution in [0.4, 0.5) is 0 Å². The van der Waals surface area contributed by atoms with Crippen LogP contribution >= 0.6 is 11.6 Å². The van der Waals surface area contributed by atoms with E-state index in [1.54, 1.807) is 6.20 Å². The van der Waals surface area contributed by atoms with Gasteiger partial charge in [-0.15, -0.1) is 11.6 Å². The molecule has 0 aromatic carbocycles. The lowest BCUT2D eigenvalue weighted by molar-refractivity contribution is -0.132. The van der Waals surface area contributed by atoms with E-state index in [1.165, 1.54) is 0 Å². The van der Waals surface area contributed by atoms with Crippen LogP contribution in [0.15, 0.2) is 24.5 Å². The Morgan fingerprint density at radius 1 is 1.56 bits per heavy atom. The maximum atomic E-state index is 11.7. The summed E-state index contributed by atoms with van der Waals surface area (Å²) in [6, 6.07) is 4.10. The third-order valence-corrected chi connectivity index (χ3v) is 3.24. The van der Waals surface area contributed by atoms with Gasteiger partial charge in [0.1, 0.15) is 5.88 Å². The molecule has 1 fully saturated rings. The normalized spacial score (nSPS) is 20.8. The van der Waals surface area contributed by atoms with Crippen LogP contribution in [0.1, 0.15) is 30.9 Å². The molecule has 3 nitrogen and oxygen atoms in total. The highest BCUT2D eigenvalue weighted by Gasteiger charge is 2.27. The van der Waals surface area contributed by atoms with Crippen molar-refractivity contribution in [2.24, 2.45) is 0 Å². The van der Waals surface area contributed by atoms with E-state index in [4.69, 9.17) is 11.6 Å². The zero-order valence-electron chi connectivity index (χ0n) is 9.10. The third-order valence-electron chi connectivity index (χ3n) is 3.01. The lowest BCUT2D eigenvalue weighted by atomic mass is 9.96. The molecule has 1 aromatic rings. The molecule has 1 aliphatic rings. The molecule has 0 spiro atoms. The minimum Gasteiger partial charge on any atom is -0.335 e. The quantitative estimate of drug-likeness (QED) is 0.742. The molecule has 0 unspecified atom stereocenters. The van der Waals surface area contributed by atoms with Gasteiger partial charge in [0.05, 0.1) is 6.04 Å². The minimum absolute atomic E-state index is 0.0234. The average molecular weight is 239 g/mol. The summed E-state index contributed by atoms with van der Waals surface area (Å²) in [5, 5.41) is 0. The number of halogens is 1. The Kier molecular flexibility index (Phi) is 3.78. The molecule has 4 heteroatoms. The molecule has 86 valence electrons. The summed E-state index contributed by atoms with van der Waals surface area (Å²) < 4.78 is 0. The highest BCUT2D eigenvalue weighted by Crippen LogP contribution is 2.30. The molecule has 0 saturated carbocycles. The van der Waals surface area contributed by atoms with E-state index in [0.29, 0.717) is 0 Å². The Bertz CT molecular complexity index is 355. The van der Waals surface area contributed by atoms with Gasteiger partial charge in [-0.2, -0.15) is 0 Å². The fourth-order valence-electron chi connectivity index (χ4n) is 2.23. The fraction of sp³-hybridized carbons (Fsp3) is 0.500. The van der Waals surface area contributed by atoms with E-state index in [1.807, 2.05) is 23.2 Å². The number of alkyl halides is 1. The number of piperidine rings is 1. The van der Waals surface area contributed by atoms with Gasteiger partial charge in [-0.25, -0.2) is 0 Å². The molecule has 1 amide bonds. The van der Waals surface area contributed by atoms with Crippen molar-refractivity contribution in [2.75, 3.05) is 12.4 Å². The zero-order valence-corrected chi connectivity index (χ0v) is 9.86. The van der Waals surface area contributed by atoms with Crippen LogP contribution in [0.25, 0.3) is 0 Å². The average Bonchev–Trinajstić information content (AvgIpc) is 2.39. The van der Waals surface area contributed by atoms with E-state index in [2.05, 4.69) is 4.98 Å². The molecule has 0 bridgehead atoms. The summed E-state index contributed by atoms with van der Waals surface area (Å²) in [6.07, 6.45) is 6.82. The van der Waals surface area contributed by atoms with E-state index in [-0.39, 0.29) is 17.8 Å². The first-order chi connectivity index (χ1) is 7.83. The van der Waals surface area contributed by atoms with Crippen molar-refractivity contribution < 1.29 is 4.79 Å². The Morgan fingerprint density at radius 2 is 2.44 bits per heavy atom. The van der Waals surface area contributed by atoms with Crippen molar-refractivity contribution in [3.63, 3.8) is 0 Å². The maximum absolute atomic E-state index is 11.7. The Labute approximate surface area is 100 Å². The standard InChI is InChI=1S/C12H15ClN2O/c13-8-12(16)15-7-2-1-5-11(15)10-4-3-6-14-9-10/h3-4,6,9,11H,1-2,5,7-8H2/t11-/m1/s1. The molecule has 16 heavy (non-hydrogen) atoms. The van der Waals surface area contributed by atoms with Crippen LogP contribution in [0.5, 0.6) is 0 Å². The van der Waals surface area contributed by atoms with Gasteiger partial charge in [0, 0.05) is 18.9 Å². The first-order valence-corrected chi connectivity index (χ1v) is 6.11. The van der Waals surface area contributed by atoms with Crippen molar-refractivity contribution in [1.29, 1.82) is 0 Å². The minimum atomic E-state index is 0.0234. The lowest BCUT2D eigenvalue weighted by Gasteiger charge is -2.35. The van der Waals surface area contributed by atoms with Crippen molar-refractivity contribution in [1.82, 2.24) is 9.88 Å². The molecule has 0 radical (unpaired) electrons. The smallest absolute Gasteiger partial charge is 0.238 e. The monoisotopic (exact) mass is 238 g/mol. The maximum Gasteiger partial charge on any atom is 0.238 e. The number of aromatic nitrogens is 1. The predicted molar refractivity (Wildman–Crippen MR) is 63.3 cm³/mol. The molecule has 1 saturated heterocycles. The van der Waals surface area contributed by atoms with Gasteiger partial charge < -0.3 is 4.90 Å². The van der Waals surface area contributed by atoms with E-state index >= 15 is 0 Å². The van der Waals surface area contributed by atoms with E-state index < -0.39 is 0 Å². The summed E-state index contributed by atoms with van der Waals surface area (Å²) in [5.74, 6) is 0.0896. The molecule has 1 aromatic heterocycles. The van der Waals surface area contributed by atoms with Crippen LogP contribution in [0.2, 0.25) is 0 Å². The second kappa shape index (κ2) is 5.30. The number of likely N-dealkylation sites (tertiary alicyclic amines) is 1. The van der Waals surface area contributed by atoms with Crippen LogP contribution in [0, 0.1) is 0 Å². The summed E-state index contributed by atoms with van der Waals surface area (Å²) in [4.78, 5) is 17.7. The molecule has 1 atom stereocenters. The lowest BCUT2D eigenvalue weighted by Crippen LogP contribution is -2.39. The van der Waals surface area contributed by atoms with E-state index in [9.17, 15) is 4.79 Å². The number of carbonyl (C=O) groups excluding carboxylic acids is 1. The molecule has 0 aliphatic carbocycles. The second-order valence-corrected chi connectivity index (χ2v) is 4.29. The summed E-state index contributed by atoms with van der Waals surface area (Å²) in [5.41, 5.74) is 1.11. The summed E-state index contributed by atoms with van der Waals surface area (Å²) >= 11 is 5.63. The number of amides is 1. The van der Waals surface area contributed by atoms with Crippen LogP contribution in [-0.4, -0.2) is 28.2 Å². The van der Waals surface area contributed by atoms with Gasteiger partial charge in [-0.1, -0.05) is 6.07 Å². The third kappa shape index (κ3) is 2.35.